The van der Waals surface area contributed by atoms with E-state index in [2.05, 4.69) is 5.32 Å². The van der Waals surface area contributed by atoms with Crippen LogP contribution in [0.2, 0.25) is 0 Å². The van der Waals surface area contributed by atoms with Crippen molar-refractivity contribution in [3.05, 3.63) is 48.0 Å². The summed E-state index contributed by atoms with van der Waals surface area (Å²) < 4.78 is 5.16. The summed E-state index contributed by atoms with van der Waals surface area (Å²) in [6.07, 6.45) is 0. The monoisotopic (exact) mass is 302 g/mol. The molecule has 4 nitrogen and oxygen atoms in total. The Balaban J connectivity index is 1.95. The van der Waals surface area contributed by atoms with E-state index in [-0.39, 0.29) is 5.91 Å². The Hall–Kier alpha value is -2.14. The van der Waals surface area contributed by atoms with Crippen LogP contribution in [0.4, 0.5) is 11.4 Å². The molecule has 0 atom stereocenters. The van der Waals surface area contributed by atoms with Gasteiger partial charge in [-0.05, 0) is 42.8 Å². The number of amides is 1. The maximum absolute atomic E-state index is 12.0. The lowest BCUT2D eigenvalue weighted by molar-refractivity contribution is -0.113. The molecule has 0 bridgehead atoms. The van der Waals surface area contributed by atoms with E-state index in [4.69, 9.17) is 10.5 Å². The van der Waals surface area contributed by atoms with Crippen molar-refractivity contribution in [1.82, 2.24) is 0 Å². The summed E-state index contributed by atoms with van der Waals surface area (Å²) >= 11 is 1.39. The van der Waals surface area contributed by atoms with Crippen molar-refractivity contribution in [2.75, 3.05) is 23.9 Å². The SMILES string of the molecule is COc1ccc(N)c(SCC(=O)Nc2cccc(C)c2)c1. The van der Waals surface area contributed by atoms with Crippen molar-refractivity contribution in [1.29, 1.82) is 0 Å². The van der Waals surface area contributed by atoms with Crippen molar-refractivity contribution >= 4 is 29.0 Å². The molecule has 0 aliphatic rings. The number of aryl methyl sites for hydroxylation is 1. The standard InChI is InChI=1S/C16H18N2O2S/c1-11-4-3-5-12(8-11)18-16(19)10-21-15-9-13(20-2)6-7-14(15)17/h3-9H,10,17H2,1-2H3,(H,18,19). The Morgan fingerprint density at radius 2 is 2.10 bits per heavy atom. The van der Waals surface area contributed by atoms with Gasteiger partial charge in [-0.1, -0.05) is 12.1 Å². The summed E-state index contributed by atoms with van der Waals surface area (Å²) in [4.78, 5) is 12.8. The predicted octanol–water partition coefficient (Wildman–Crippen LogP) is 3.32. The summed E-state index contributed by atoms with van der Waals surface area (Å²) in [6.45, 7) is 1.99. The topological polar surface area (TPSA) is 64.3 Å². The minimum Gasteiger partial charge on any atom is -0.497 e. The molecule has 0 spiro atoms. The van der Waals surface area contributed by atoms with Crippen LogP contribution in [0.1, 0.15) is 5.56 Å². The van der Waals surface area contributed by atoms with Gasteiger partial charge in [0.15, 0.2) is 0 Å². The first-order chi connectivity index (χ1) is 10.1. The highest BCUT2D eigenvalue weighted by molar-refractivity contribution is 8.00. The van der Waals surface area contributed by atoms with Crippen LogP contribution in [-0.4, -0.2) is 18.8 Å². The van der Waals surface area contributed by atoms with Gasteiger partial charge in [0.25, 0.3) is 0 Å². The van der Waals surface area contributed by atoms with Gasteiger partial charge in [0.2, 0.25) is 5.91 Å². The summed E-state index contributed by atoms with van der Waals surface area (Å²) in [5.41, 5.74) is 8.45. The van der Waals surface area contributed by atoms with Crippen LogP contribution in [0.25, 0.3) is 0 Å². The lowest BCUT2D eigenvalue weighted by Gasteiger charge is -2.09. The van der Waals surface area contributed by atoms with Crippen molar-refractivity contribution < 1.29 is 9.53 Å². The number of benzene rings is 2. The molecule has 0 heterocycles. The van der Waals surface area contributed by atoms with Gasteiger partial charge in [-0.15, -0.1) is 11.8 Å². The molecule has 0 fully saturated rings. The molecule has 0 aliphatic carbocycles. The number of nitrogen functional groups attached to an aromatic ring is 1. The van der Waals surface area contributed by atoms with Gasteiger partial charge in [-0.3, -0.25) is 4.79 Å². The first-order valence-corrected chi connectivity index (χ1v) is 7.50. The average molecular weight is 302 g/mol. The van der Waals surface area contributed by atoms with Gasteiger partial charge in [-0.25, -0.2) is 0 Å². The highest BCUT2D eigenvalue weighted by Gasteiger charge is 2.07. The van der Waals surface area contributed by atoms with Crippen LogP contribution in [-0.2, 0) is 4.79 Å². The van der Waals surface area contributed by atoms with Crippen molar-refractivity contribution in [3.63, 3.8) is 0 Å². The van der Waals surface area contributed by atoms with Gasteiger partial charge in [0.05, 0.1) is 12.9 Å². The van der Waals surface area contributed by atoms with E-state index >= 15 is 0 Å². The second kappa shape index (κ2) is 7.04. The third kappa shape index (κ3) is 4.43. The van der Waals surface area contributed by atoms with Gasteiger partial charge in [0.1, 0.15) is 5.75 Å². The summed E-state index contributed by atoms with van der Waals surface area (Å²) in [5.74, 6) is 0.962. The van der Waals surface area contributed by atoms with Gasteiger partial charge >= 0.3 is 0 Å². The zero-order valence-electron chi connectivity index (χ0n) is 12.1. The molecule has 0 aromatic heterocycles. The van der Waals surface area contributed by atoms with Gasteiger partial charge in [-0.2, -0.15) is 0 Å². The minimum absolute atomic E-state index is 0.0622. The number of anilines is 2. The normalized spacial score (nSPS) is 10.2. The number of thioether (sulfide) groups is 1. The van der Waals surface area contributed by atoms with Crippen molar-refractivity contribution in [2.45, 2.75) is 11.8 Å². The average Bonchev–Trinajstić information content (AvgIpc) is 2.46. The lowest BCUT2D eigenvalue weighted by atomic mass is 10.2. The first-order valence-electron chi connectivity index (χ1n) is 6.51. The molecule has 0 saturated heterocycles. The number of ether oxygens (including phenoxy) is 1. The quantitative estimate of drug-likeness (QED) is 0.657. The predicted molar refractivity (Wildman–Crippen MR) is 87.9 cm³/mol. The van der Waals surface area contributed by atoms with Crippen LogP contribution < -0.4 is 15.8 Å². The third-order valence-electron chi connectivity index (χ3n) is 2.88. The molecule has 2 aromatic rings. The minimum atomic E-state index is -0.0622. The molecule has 0 unspecified atom stereocenters. The molecule has 0 saturated carbocycles. The lowest BCUT2D eigenvalue weighted by Crippen LogP contribution is -2.14. The third-order valence-corrected chi connectivity index (χ3v) is 3.95. The molecule has 2 rings (SSSR count). The number of carbonyl (C=O) groups is 1. The van der Waals surface area contributed by atoms with Gasteiger partial charge < -0.3 is 15.8 Å². The van der Waals surface area contributed by atoms with E-state index in [0.29, 0.717) is 11.4 Å². The Morgan fingerprint density at radius 1 is 1.29 bits per heavy atom. The molecule has 3 N–H and O–H groups in total. The summed E-state index contributed by atoms with van der Waals surface area (Å²) in [5, 5.41) is 2.87. The maximum Gasteiger partial charge on any atom is 0.234 e. The molecular formula is C16H18N2O2S. The van der Waals surface area contributed by atoms with E-state index in [9.17, 15) is 4.79 Å². The molecular weight excluding hydrogens is 284 g/mol. The summed E-state index contributed by atoms with van der Waals surface area (Å²) in [6, 6.07) is 13.1. The smallest absolute Gasteiger partial charge is 0.234 e. The Kier molecular flexibility index (Phi) is 5.11. The Morgan fingerprint density at radius 3 is 2.81 bits per heavy atom. The number of nitrogens with two attached hydrogens (primary N) is 1. The molecule has 5 heteroatoms. The van der Waals surface area contributed by atoms with Gasteiger partial charge in [0, 0.05) is 16.3 Å². The van der Waals surface area contributed by atoms with Crippen LogP contribution in [0.15, 0.2) is 47.4 Å². The summed E-state index contributed by atoms with van der Waals surface area (Å²) in [7, 11) is 1.60. The highest BCUT2D eigenvalue weighted by Crippen LogP contribution is 2.29. The van der Waals surface area contributed by atoms with E-state index in [0.717, 1.165) is 21.9 Å². The molecule has 2 aromatic carbocycles. The fourth-order valence-corrected chi connectivity index (χ4v) is 2.62. The first kappa shape index (κ1) is 15.3. The van der Waals surface area contributed by atoms with Crippen LogP contribution in [0, 0.1) is 6.92 Å². The Bertz CT molecular complexity index is 644. The van der Waals surface area contributed by atoms with E-state index in [1.165, 1.54) is 11.8 Å². The Labute approximate surface area is 128 Å². The fraction of sp³-hybridized carbons (Fsp3) is 0.188. The second-order valence-electron chi connectivity index (χ2n) is 4.61. The molecule has 0 radical (unpaired) electrons. The molecule has 1 amide bonds. The van der Waals surface area contributed by atoms with E-state index in [1.54, 1.807) is 19.2 Å². The van der Waals surface area contributed by atoms with Crippen LogP contribution in [0.5, 0.6) is 5.75 Å². The maximum atomic E-state index is 12.0. The van der Waals surface area contributed by atoms with E-state index in [1.807, 2.05) is 37.3 Å². The van der Waals surface area contributed by atoms with Crippen molar-refractivity contribution in [2.24, 2.45) is 0 Å². The molecule has 21 heavy (non-hydrogen) atoms. The zero-order valence-corrected chi connectivity index (χ0v) is 12.9. The van der Waals surface area contributed by atoms with E-state index < -0.39 is 0 Å². The van der Waals surface area contributed by atoms with Crippen LogP contribution >= 0.6 is 11.8 Å². The largest absolute Gasteiger partial charge is 0.497 e. The second-order valence-corrected chi connectivity index (χ2v) is 5.63. The highest BCUT2D eigenvalue weighted by atomic mass is 32.2. The zero-order chi connectivity index (χ0) is 15.2. The number of methoxy groups -OCH3 is 1. The number of hydrogen-bond donors (Lipinski definition) is 2. The van der Waals surface area contributed by atoms with Crippen LogP contribution in [0.3, 0.4) is 0 Å². The number of carbonyl (C=O) groups excluding carboxylic acids is 1. The number of nitrogens with one attached hydrogen (secondary N) is 1. The fourth-order valence-electron chi connectivity index (χ4n) is 1.83. The van der Waals surface area contributed by atoms with Crippen molar-refractivity contribution in [3.8, 4) is 5.75 Å². The molecule has 0 aliphatic heterocycles. The molecule has 110 valence electrons. The number of rotatable bonds is 5. The number of hydrogen-bond acceptors (Lipinski definition) is 4.